The summed E-state index contributed by atoms with van der Waals surface area (Å²) in [6.07, 6.45) is 1.09. The molecule has 1 aromatic heterocycles. The second-order valence-electron chi connectivity index (χ2n) is 7.79. The average molecular weight is 338 g/mol. The topological polar surface area (TPSA) is 91.5 Å². The molecule has 0 unspecified atom stereocenters. The molecule has 0 aromatic carbocycles. The summed E-state index contributed by atoms with van der Waals surface area (Å²) in [6.45, 7) is 11.9. The van der Waals surface area contributed by atoms with Crippen molar-refractivity contribution in [2.24, 2.45) is 5.92 Å². The Labute approximate surface area is 143 Å². The predicted octanol–water partition coefficient (Wildman–Crippen LogP) is 1.64. The van der Waals surface area contributed by atoms with Crippen molar-refractivity contribution in [1.29, 1.82) is 0 Å². The lowest BCUT2D eigenvalue weighted by Crippen LogP contribution is -2.42. The number of nitrogens with zero attached hydrogens (tertiary/aromatic N) is 3. The molecular weight excluding hydrogens is 308 g/mol. The molecule has 2 heterocycles. The van der Waals surface area contributed by atoms with Crippen molar-refractivity contribution < 1.29 is 14.4 Å². The molecule has 24 heavy (non-hydrogen) atoms. The van der Waals surface area contributed by atoms with Gasteiger partial charge in [0.15, 0.2) is 5.82 Å². The molecule has 1 aliphatic heterocycles. The molecule has 1 fully saturated rings. The van der Waals surface area contributed by atoms with Gasteiger partial charge in [-0.25, -0.2) is 0 Å². The van der Waals surface area contributed by atoms with Crippen LogP contribution in [0.15, 0.2) is 4.52 Å². The lowest BCUT2D eigenvalue weighted by atomic mass is 9.94. The molecule has 0 radical (unpaired) electrons. The molecule has 0 saturated carbocycles. The fourth-order valence-electron chi connectivity index (χ4n) is 2.81. The summed E-state index contributed by atoms with van der Waals surface area (Å²) >= 11 is 0. The molecule has 1 aliphatic rings. The van der Waals surface area contributed by atoms with E-state index in [2.05, 4.69) is 48.1 Å². The molecule has 7 heteroatoms. The number of amides is 1. The van der Waals surface area contributed by atoms with E-state index < -0.39 is 6.10 Å². The summed E-state index contributed by atoms with van der Waals surface area (Å²) in [4.78, 5) is 18.9. The molecule has 1 amide bonds. The summed E-state index contributed by atoms with van der Waals surface area (Å²) < 4.78 is 5.44. The minimum Gasteiger partial charge on any atom is -0.392 e. The van der Waals surface area contributed by atoms with Crippen molar-refractivity contribution in [2.75, 3.05) is 19.6 Å². The first-order chi connectivity index (χ1) is 11.2. The maximum Gasteiger partial charge on any atom is 0.243 e. The molecule has 7 nitrogen and oxygen atoms in total. The number of nitrogens with one attached hydrogen (secondary N) is 1. The van der Waals surface area contributed by atoms with E-state index >= 15 is 0 Å². The number of likely N-dealkylation sites (tertiary alicyclic amines) is 1. The first-order valence-corrected chi connectivity index (χ1v) is 8.72. The van der Waals surface area contributed by atoms with Crippen molar-refractivity contribution in [2.45, 2.75) is 65.0 Å². The summed E-state index contributed by atoms with van der Waals surface area (Å²) in [5.74, 6) is 1.41. The molecular formula is C17H30N4O3. The first kappa shape index (κ1) is 18.9. The Hall–Kier alpha value is -1.47. The molecule has 0 spiro atoms. The molecule has 0 aliphatic carbocycles. The monoisotopic (exact) mass is 338 g/mol. The van der Waals surface area contributed by atoms with Crippen molar-refractivity contribution in [3.05, 3.63) is 11.7 Å². The number of aliphatic hydroxyl groups excluding tert-OH is 1. The molecule has 2 N–H and O–H groups in total. The van der Waals surface area contributed by atoms with E-state index in [1.165, 1.54) is 0 Å². The number of carbonyl (C=O) groups excluding carboxylic acids is 1. The third-order valence-corrected chi connectivity index (χ3v) is 4.49. The Morgan fingerprint density at radius 1 is 1.38 bits per heavy atom. The van der Waals surface area contributed by atoms with Crippen LogP contribution >= 0.6 is 0 Å². The van der Waals surface area contributed by atoms with Crippen LogP contribution in [0.3, 0.4) is 0 Å². The van der Waals surface area contributed by atoms with E-state index in [0.29, 0.717) is 12.4 Å². The molecule has 2 atom stereocenters. The van der Waals surface area contributed by atoms with E-state index in [1.807, 2.05) is 0 Å². The van der Waals surface area contributed by atoms with Gasteiger partial charge in [-0.05, 0) is 39.8 Å². The van der Waals surface area contributed by atoms with Crippen molar-refractivity contribution in [3.63, 3.8) is 0 Å². The zero-order chi connectivity index (χ0) is 17.9. The quantitative estimate of drug-likeness (QED) is 0.848. The van der Waals surface area contributed by atoms with Gasteiger partial charge in [-0.15, -0.1) is 0 Å². The normalized spacial score (nSPS) is 19.9. The molecule has 1 aromatic rings. The third-order valence-electron chi connectivity index (χ3n) is 4.49. The van der Waals surface area contributed by atoms with Gasteiger partial charge in [0.2, 0.25) is 11.8 Å². The van der Waals surface area contributed by atoms with Gasteiger partial charge in [0.05, 0.1) is 12.1 Å². The molecule has 136 valence electrons. The minimum atomic E-state index is -0.511. The number of hydrogen-bond donors (Lipinski definition) is 2. The predicted molar refractivity (Wildman–Crippen MR) is 90.4 cm³/mol. The summed E-state index contributed by atoms with van der Waals surface area (Å²) in [6, 6.07) is 0.0510. The van der Waals surface area contributed by atoms with Gasteiger partial charge >= 0.3 is 0 Å². The van der Waals surface area contributed by atoms with Gasteiger partial charge in [0.25, 0.3) is 0 Å². The van der Waals surface area contributed by atoms with Crippen LogP contribution in [0, 0.1) is 5.92 Å². The third kappa shape index (κ3) is 4.77. The van der Waals surface area contributed by atoms with Gasteiger partial charge in [0, 0.05) is 17.9 Å². The highest BCUT2D eigenvalue weighted by molar-refractivity contribution is 5.78. The Morgan fingerprint density at radius 2 is 2.00 bits per heavy atom. The van der Waals surface area contributed by atoms with Crippen LogP contribution in [-0.4, -0.2) is 51.8 Å². The second kappa shape index (κ2) is 7.61. The highest BCUT2D eigenvalue weighted by atomic mass is 16.5. The Balaban J connectivity index is 1.87. The van der Waals surface area contributed by atoms with Gasteiger partial charge in [0.1, 0.15) is 0 Å². The van der Waals surface area contributed by atoms with Crippen LogP contribution in [0.1, 0.15) is 65.2 Å². The van der Waals surface area contributed by atoms with Crippen molar-refractivity contribution in [3.8, 4) is 0 Å². The highest BCUT2D eigenvalue weighted by Crippen LogP contribution is 2.27. The summed E-state index contributed by atoms with van der Waals surface area (Å²) in [7, 11) is 0. The highest BCUT2D eigenvalue weighted by Gasteiger charge is 2.31. The van der Waals surface area contributed by atoms with Gasteiger partial charge in [-0.1, -0.05) is 25.9 Å². The number of piperidine rings is 1. The Kier molecular flexibility index (Phi) is 5.98. The van der Waals surface area contributed by atoms with Gasteiger partial charge in [-0.3, -0.25) is 9.69 Å². The number of aliphatic hydroxyl groups is 1. The van der Waals surface area contributed by atoms with Crippen LogP contribution in [0.4, 0.5) is 0 Å². The van der Waals surface area contributed by atoms with Crippen molar-refractivity contribution >= 4 is 5.91 Å². The zero-order valence-electron chi connectivity index (χ0n) is 15.4. The number of carbonyl (C=O) groups is 1. The van der Waals surface area contributed by atoms with Crippen LogP contribution in [0.2, 0.25) is 0 Å². The van der Waals surface area contributed by atoms with Crippen LogP contribution in [0.5, 0.6) is 0 Å². The van der Waals surface area contributed by atoms with Gasteiger partial charge < -0.3 is 14.9 Å². The standard InChI is InChI=1S/C17H30N4O3/c1-11(22)10-18-14(23)13-6-8-21(9-7-13)12(2)15-19-16(20-24-15)17(3,4)5/h11-13,22H,6-10H2,1-5H3,(H,18,23)/t11-,12+/m1/s1. The fourth-order valence-corrected chi connectivity index (χ4v) is 2.81. The van der Waals surface area contributed by atoms with E-state index in [9.17, 15) is 9.90 Å². The number of rotatable bonds is 5. The zero-order valence-corrected chi connectivity index (χ0v) is 15.4. The molecule has 1 saturated heterocycles. The van der Waals surface area contributed by atoms with E-state index in [-0.39, 0.29) is 23.3 Å². The number of hydrogen-bond acceptors (Lipinski definition) is 6. The maximum absolute atomic E-state index is 12.1. The second-order valence-corrected chi connectivity index (χ2v) is 7.79. The first-order valence-electron chi connectivity index (χ1n) is 8.72. The lowest BCUT2D eigenvalue weighted by Gasteiger charge is -2.34. The van der Waals surface area contributed by atoms with E-state index in [4.69, 9.17) is 4.52 Å². The fraction of sp³-hybridized carbons (Fsp3) is 0.824. The Morgan fingerprint density at radius 3 is 2.50 bits per heavy atom. The van der Waals surface area contributed by atoms with Crippen LogP contribution in [0.25, 0.3) is 0 Å². The lowest BCUT2D eigenvalue weighted by molar-refractivity contribution is -0.127. The largest absolute Gasteiger partial charge is 0.392 e. The molecule has 0 bridgehead atoms. The van der Waals surface area contributed by atoms with Crippen LogP contribution in [-0.2, 0) is 10.2 Å². The maximum atomic E-state index is 12.1. The van der Waals surface area contributed by atoms with Gasteiger partial charge in [-0.2, -0.15) is 4.98 Å². The minimum absolute atomic E-state index is 0.0139. The summed E-state index contributed by atoms with van der Waals surface area (Å²) in [5, 5.41) is 16.1. The molecule has 2 rings (SSSR count). The van der Waals surface area contributed by atoms with E-state index in [0.717, 1.165) is 31.8 Å². The van der Waals surface area contributed by atoms with E-state index in [1.54, 1.807) is 6.92 Å². The van der Waals surface area contributed by atoms with Crippen molar-refractivity contribution in [1.82, 2.24) is 20.4 Å². The number of aromatic nitrogens is 2. The SMILES string of the molecule is C[C@@H](O)CNC(=O)C1CCN([C@@H](C)c2nc(C(C)(C)C)no2)CC1. The Bertz CT molecular complexity index is 542. The smallest absolute Gasteiger partial charge is 0.243 e. The summed E-state index contributed by atoms with van der Waals surface area (Å²) in [5.41, 5.74) is -0.129. The average Bonchev–Trinajstić information content (AvgIpc) is 3.02. The van der Waals surface area contributed by atoms with Crippen LogP contribution < -0.4 is 5.32 Å².